The van der Waals surface area contributed by atoms with Crippen molar-refractivity contribution in [1.29, 1.82) is 0 Å². The van der Waals surface area contributed by atoms with Gasteiger partial charge in [-0.3, -0.25) is 9.59 Å². The maximum atomic E-state index is 11.6. The molecule has 1 aromatic rings. The minimum Gasteiger partial charge on any atom is -0.466 e. The van der Waals surface area contributed by atoms with Gasteiger partial charge in [-0.05, 0) is 19.8 Å². The highest BCUT2D eigenvalue weighted by atomic mass is 16.5. The van der Waals surface area contributed by atoms with Crippen molar-refractivity contribution in [3.63, 3.8) is 0 Å². The summed E-state index contributed by atoms with van der Waals surface area (Å²) in [5, 5.41) is 0. The zero-order valence-electron chi connectivity index (χ0n) is 10.4. The van der Waals surface area contributed by atoms with E-state index in [1.165, 1.54) is 6.20 Å². The van der Waals surface area contributed by atoms with Crippen LogP contribution in [0, 0.1) is 5.92 Å². The highest BCUT2D eigenvalue weighted by molar-refractivity contribution is 5.72. The van der Waals surface area contributed by atoms with Crippen molar-refractivity contribution in [2.75, 3.05) is 24.6 Å². The molecule has 0 aromatic carbocycles. The second kappa shape index (κ2) is 5.66. The van der Waals surface area contributed by atoms with Crippen molar-refractivity contribution in [3.8, 4) is 0 Å². The molecule has 0 unspecified atom stereocenters. The number of esters is 1. The van der Waals surface area contributed by atoms with Gasteiger partial charge in [0, 0.05) is 25.5 Å². The van der Waals surface area contributed by atoms with E-state index in [1.54, 1.807) is 13.1 Å². The van der Waals surface area contributed by atoms with Gasteiger partial charge < -0.3 is 14.6 Å². The van der Waals surface area contributed by atoms with Crippen LogP contribution in [-0.4, -0.2) is 35.6 Å². The second-order valence-corrected chi connectivity index (χ2v) is 4.26. The van der Waals surface area contributed by atoms with Gasteiger partial charge in [0.1, 0.15) is 0 Å². The van der Waals surface area contributed by atoms with Crippen molar-refractivity contribution >= 4 is 11.8 Å². The summed E-state index contributed by atoms with van der Waals surface area (Å²) >= 11 is 0. The van der Waals surface area contributed by atoms with Crippen LogP contribution in [0.25, 0.3) is 0 Å². The SMILES string of the molecule is CCOC(=O)C1CCN(c2ncc[nH]c2=O)CC1. The third-order valence-electron chi connectivity index (χ3n) is 3.10. The Hall–Kier alpha value is -1.85. The first-order chi connectivity index (χ1) is 8.72. The number of hydrogen-bond donors (Lipinski definition) is 1. The van der Waals surface area contributed by atoms with Gasteiger partial charge in [-0.1, -0.05) is 0 Å². The number of piperidine rings is 1. The van der Waals surface area contributed by atoms with E-state index in [-0.39, 0.29) is 17.4 Å². The maximum Gasteiger partial charge on any atom is 0.309 e. The molecule has 1 aromatic heterocycles. The Kier molecular flexibility index (Phi) is 3.96. The van der Waals surface area contributed by atoms with Crippen LogP contribution in [0.3, 0.4) is 0 Å². The Labute approximate surface area is 105 Å². The normalized spacial score (nSPS) is 16.6. The predicted molar refractivity (Wildman–Crippen MR) is 66.4 cm³/mol. The van der Waals surface area contributed by atoms with Gasteiger partial charge >= 0.3 is 5.97 Å². The van der Waals surface area contributed by atoms with Crippen LogP contribution in [0.2, 0.25) is 0 Å². The molecule has 6 heteroatoms. The fourth-order valence-electron chi connectivity index (χ4n) is 2.16. The smallest absolute Gasteiger partial charge is 0.309 e. The molecule has 0 radical (unpaired) electrons. The number of nitrogens with one attached hydrogen (secondary N) is 1. The molecular formula is C12H17N3O3. The van der Waals surface area contributed by atoms with Gasteiger partial charge in [-0.2, -0.15) is 0 Å². The largest absolute Gasteiger partial charge is 0.466 e. The maximum absolute atomic E-state index is 11.6. The number of hydrogen-bond acceptors (Lipinski definition) is 5. The summed E-state index contributed by atoms with van der Waals surface area (Å²) in [5.74, 6) is 0.246. The number of anilines is 1. The fraction of sp³-hybridized carbons (Fsp3) is 0.583. The molecule has 2 rings (SSSR count). The number of carbonyl (C=O) groups excluding carboxylic acids is 1. The minimum absolute atomic E-state index is 0.0519. The Bertz CT molecular complexity index is 464. The number of rotatable bonds is 3. The molecule has 1 fully saturated rings. The van der Waals surface area contributed by atoms with Gasteiger partial charge in [-0.25, -0.2) is 4.98 Å². The lowest BCUT2D eigenvalue weighted by molar-refractivity contribution is -0.148. The molecule has 1 N–H and O–H groups in total. The zero-order chi connectivity index (χ0) is 13.0. The van der Waals surface area contributed by atoms with Gasteiger partial charge in [0.15, 0.2) is 5.82 Å². The molecular weight excluding hydrogens is 234 g/mol. The molecule has 0 spiro atoms. The van der Waals surface area contributed by atoms with Crippen LogP contribution >= 0.6 is 0 Å². The molecule has 0 bridgehead atoms. The van der Waals surface area contributed by atoms with Crippen LogP contribution < -0.4 is 10.5 Å². The van der Waals surface area contributed by atoms with E-state index in [0.717, 1.165) is 0 Å². The Balaban J connectivity index is 1.97. The van der Waals surface area contributed by atoms with Crippen molar-refractivity contribution in [2.45, 2.75) is 19.8 Å². The number of aromatic nitrogens is 2. The number of ether oxygens (including phenoxy) is 1. The van der Waals surface area contributed by atoms with Crippen LogP contribution in [0.4, 0.5) is 5.82 Å². The molecule has 0 amide bonds. The van der Waals surface area contributed by atoms with Gasteiger partial charge in [-0.15, -0.1) is 0 Å². The average molecular weight is 251 g/mol. The monoisotopic (exact) mass is 251 g/mol. The first-order valence-electron chi connectivity index (χ1n) is 6.17. The molecule has 0 atom stereocenters. The van der Waals surface area contributed by atoms with E-state index >= 15 is 0 Å². The average Bonchev–Trinajstić information content (AvgIpc) is 2.40. The lowest BCUT2D eigenvalue weighted by atomic mass is 9.97. The van der Waals surface area contributed by atoms with Crippen LogP contribution in [0.15, 0.2) is 17.2 Å². The third-order valence-corrected chi connectivity index (χ3v) is 3.10. The highest BCUT2D eigenvalue weighted by Crippen LogP contribution is 2.20. The zero-order valence-corrected chi connectivity index (χ0v) is 10.4. The lowest BCUT2D eigenvalue weighted by Gasteiger charge is -2.30. The van der Waals surface area contributed by atoms with Crippen molar-refractivity contribution in [1.82, 2.24) is 9.97 Å². The molecule has 18 heavy (non-hydrogen) atoms. The van der Waals surface area contributed by atoms with Gasteiger partial charge in [0.05, 0.1) is 12.5 Å². The fourth-order valence-corrected chi connectivity index (χ4v) is 2.16. The van der Waals surface area contributed by atoms with Gasteiger partial charge in [0.2, 0.25) is 0 Å². The van der Waals surface area contributed by atoms with E-state index in [9.17, 15) is 9.59 Å². The van der Waals surface area contributed by atoms with Gasteiger partial charge in [0.25, 0.3) is 5.56 Å². The van der Waals surface area contributed by atoms with E-state index in [1.807, 2.05) is 4.90 Å². The highest BCUT2D eigenvalue weighted by Gasteiger charge is 2.27. The molecule has 0 saturated carbocycles. The molecule has 1 aliphatic rings. The third kappa shape index (κ3) is 2.69. The lowest BCUT2D eigenvalue weighted by Crippen LogP contribution is -2.39. The van der Waals surface area contributed by atoms with Crippen LogP contribution in [0.1, 0.15) is 19.8 Å². The molecule has 0 aliphatic carbocycles. The number of aromatic amines is 1. The quantitative estimate of drug-likeness (QED) is 0.794. The number of H-pyrrole nitrogens is 1. The van der Waals surface area contributed by atoms with E-state index < -0.39 is 0 Å². The van der Waals surface area contributed by atoms with Crippen molar-refractivity contribution < 1.29 is 9.53 Å². The molecule has 98 valence electrons. The summed E-state index contributed by atoms with van der Waals surface area (Å²) < 4.78 is 5.01. The molecule has 1 saturated heterocycles. The summed E-state index contributed by atoms with van der Waals surface area (Å²) in [6, 6.07) is 0. The van der Waals surface area contributed by atoms with Crippen molar-refractivity contribution in [2.24, 2.45) is 5.92 Å². The second-order valence-electron chi connectivity index (χ2n) is 4.26. The topological polar surface area (TPSA) is 75.3 Å². The Morgan fingerprint density at radius 2 is 2.28 bits per heavy atom. The van der Waals surface area contributed by atoms with E-state index in [0.29, 0.717) is 38.4 Å². The van der Waals surface area contributed by atoms with Crippen LogP contribution in [-0.2, 0) is 9.53 Å². The summed E-state index contributed by atoms with van der Waals surface area (Å²) in [7, 11) is 0. The summed E-state index contributed by atoms with van der Waals surface area (Å²) in [6.45, 7) is 3.53. The first-order valence-corrected chi connectivity index (χ1v) is 6.17. The Morgan fingerprint density at radius 3 is 2.89 bits per heavy atom. The van der Waals surface area contributed by atoms with Crippen molar-refractivity contribution in [3.05, 3.63) is 22.7 Å². The number of carbonyl (C=O) groups is 1. The van der Waals surface area contributed by atoms with E-state index in [4.69, 9.17) is 4.74 Å². The number of nitrogens with zero attached hydrogens (tertiary/aromatic N) is 2. The summed E-state index contributed by atoms with van der Waals surface area (Å²) in [6.07, 6.45) is 4.48. The Morgan fingerprint density at radius 1 is 1.56 bits per heavy atom. The predicted octanol–water partition coefficient (Wildman–Crippen LogP) is 0.549. The standard InChI is InChI=1S/C12H17N3O3/c1-2-18-12(17)9-3-7-15(8-4-9)10-11(16)14-6-5-13-10/h5-6,9H,2-4,7-8H2,1H3,(H,14,16). The summed E-state index contributed by atoms with van der Waals surface area (Å²) in [5.41, 5.74) is -0.188. The summed E-state index contributed by atoms with van der Waals surface area (Å²) in [4.78, 5) is 31.8. The molecule has 6 nitrogen and oxygen atoms in total. The van der Waals surface area contributed by atoms with Crippen LogP contribution in [0.5, 0.6) is 0 Å². The molecule has 1 aliphatic heterocycles. The minimum atomic E-state index is -0.188. The molecule has 2 heterocycles. The first kappa shape index (κ1) is 12.6. The van der Waals surface area contributed by atoms with E-state index in [2.05, 4.69) is 9.97 Å².